The van der Waals surface area contributed by atoms with Gasteiger partial charge in [0.05, 0.1) is 7.11 Å². The molecule has 1 unspecified atom stereocenters. The van der Waals surface area contributed by atoms with E-state index in [9.17, 15) is 4.79 Å². The molecule has 0 aromatic heterocycles. The fourth-order valence-corrected chi connectivity index (χ4v) is 1.64. The fourth-order valence-electron chi connectivity index (χ4n) is 1.64. The fraction of sp³-hybridized carbons (Fsp3) is 0.562. The van der Waals surface area contributed by atoms with Crippen LogP contribution in [0.5, 0.6) is 0 Å². The molecule has 0 saturated carbocycles. The first-order valence-corrected chi connectivity index (χ1v) is 6.56. The Morgan fingerprint density at radius 1 is 1.17 bits per heavy atom. The smallest absolute Gasteiger partial charge is 0.333 e. The molecule has 18 heavy (non-hydrogen) atoms. The zero-order valence-corrected chi connectivity index (χ0v) is 12.3. The van der Waals surface area contributed by atoms with Crippen LogP contribution in [-0.4, -0.2) is 13.1 Å². The zero-order chi connectivity index (χ0) is 14.0. The second-order valence-electron chi connectivity index (χ2n) is 4.55. The van der Waals surface area contributed by atoms with Gasteiger partial charge < -0.3 is 4.74 Å². The Morgan fingerprint density at radius 2 is 1.78 bits per heavy atom. The molecular formula is C16H26O2. The van der Waals surface area contributed by atoms with E-state index in [4.69, 9.17) is 4.74 Å². The number of ether oxygens (including phenoxy) is 1. The minimum Gasteiger partial charge on any atom is -0.466 e. The van der Waals surface area contributed by atoms with Gasteiger partial charge in [0.1, 0.15) is 0 Å². The molecule has 2 heteroatoms. The molecule has 0 spiro atoms. The van der Waals surface area contributed by atoms with E-state index in [1.54, 1.807) is 0 Å². The van der Waals surface area contributed by atoms with Crippen molar-refractivity contribution < 1.29 is 9.53 Å². The van der Waals surface area contributed by atoms with E-state index < -0.39 is 0 Å². The molecule has 0 N–H and O–H groups in total. The van der Waals surface area contributed by atoms with Crippen molar-refractivity contribution in [2.45, 2.75) is 47.0 Å². The van der Waals surface area contributed by atoms with Crippen molar-refractivity contribution in [3.05, 3.63) is 35.5 Å². The van der Waals surface area contributed by atoms with Gasteiger partial charge in [-0.1, -0.05) is 36.8 Å². The molecule has 102 valence electrons. The Hall–Kier alpha value is -1.31. The summed E-state index contributed by atoms with van der Waals surface area (Å²) >= 11 is 0. The van der Waals surface area contributed by atoms with Gasteiger partial charge in [-0.25, -0.2) is 4.79 Å². The van der Waals surface area contributed by atoms with Crippen molar-refractivity contribution in [1.82, 2.24) is 0 Å². The van der Waals surface area contributed by atoms with Crippen molar-refractivity contribution in [3.63, 3.8) is 0 Å². The van der Waals surface area contributed by atoms with Gasteiger partial charge in [0.15, 0.2) is 0 Å². The van der Waals surface area contributed by atoms with E-state index in [-0.39, 0.29) is 5.97 Å². The molecular weight excluding hydrogens is 224 g/mol. The van der Waals surface area contributed by atoms with Crippen molar-refractivity contribution in [2.75, 3.05) is 7.11 Å². The highest BCUT2D eigenvalue weighted by atomic mass is 16.5. The minimum absolute atomic E-state index is 0.226. The summed E-state index contributed by atoms with van der Waals surface area (Å²) in [6.07, 6.45) is 11.8. The van der Waals surface area contributed by atoms with Crippen LogP contribution in [-0.2, 0) is 9.53 Å². The SMILES string of the molecule is CC=CCCC=CCC(C)C(C)=C(C)C(=O)OC. The normalized spacial score (nSPS) is 14.9. The maximum absolute atomic E-state index is 11.4. The molecule has 0 aliphatic carbocycles. The molecule has 0 amide bonds. The molecule has 0 saturated heterocycles. The summed E-state index contributed by atoms with van der Waals surface area (Å²) in [4.78, 5) is 11.4. The third-order valence-corrected chi connectivity index (χ3v) is 3.21. The van der Waals surface area contributed by atoms with E-state index in [2.05, 4.69) is 31.2 Å². The lowest BCUT2D eigenvalue weighted by atomic mass is 9.94. The van der Waals surface area contributed by atoms with Gasteiger partial charge in [-0.05, 0) is 46.0 Å². The summed E-state index contributed by atoms with van der Waals surface area (Å²) in [7, 11) is 1.42. The van der Waals surface area contributed by atoms with Crippen LogP contribution in [0.4, 0.5) is 0 Å². The standard InChI is InChI=1S/C16H26O2/c1-6-7-8-9-10-11-12-13(2)14(3)15(4)16(17)18-5/h6-7,10-11,13H,8-9,12H2,1-5H3. The van der Waals surface area contributed by atoms with Gasteiger partial charge >= 0.3 is 5.97 Å². The highest BCUT2D eigenvalue weighted by Crippen LogP contribution is 2.19. The lowest BCUT2D eigenvalue weighted by Crippen LogP contribution is -2.07. The highest BCUT2D eigenvalue weighted by Gasteiger charge is 2.11. The van der Waals surface area contributed by atoms with Crippen LogP contribution in [0, 0.1) is 5.92 Å². The second kappa shape index (κ2) is 9.69. The number of esters is 1. The number of methoxy groups -OCH3 is 1. The number of hydrogen-bond donors (Lipinski definition) is 0. The predicted molar refractivity (Wildman–Crippen MR) is 77.4 cm³/mol. The zero-order valence-electron chi connectivity index (χ0n) is 12.3. The number of hydrogen-bond acceptors (Lipinski definition) is 2. The topological polar surface area (TPSA) is 26.3 Å². The maximum atomic E-state index is 11.4. The van der Waals surface area contributed by atoms with Crippen LogP contribution in [0.1, 0.15) is 47.0 Å². The summed E-state index contributed by atoms with van der Waals surface area (Å²) < 4.78 is 4.73. The third-order valence-electron chi connectivity index (χ3n) is 3.21. The Bertz CT molecular complexity index is 335. The summed E-state index contributed by atoms with van der Waals surface area (Å²) in [6.45, 7) is 8.01. The summed E-state index contributed by atoms with van der Waals surface area (Å²) in [6, 6.07) is 0. The van der Waals surface area contributed by atoms with Crippen LogP contribution < -0.4 is 0 Å². The Labute approximate surface area is 111 Å². The van der Waals surface area contributed by atoms with Gasteiger partial charge in [-0.2, -0.15) is 0 Å². The first kappa shape index (κ1) is 16.7. The van der Waals surface area contributed by atoms with Gasteiger partial charge in [0.25, 0.3) is 0 Å². The van der Waals surface area contributed by atoms with Crippen molar-refractivity contribution in [3.8, 4) is 0 Å². The summed E-state index contributed by atoms with van der Waals surface area (Å²) in [5.41, 5.74) is 1.84. The van der Waals surface area contributed by atoms with E-state index in [1.165, 1.54) is 7.11 Å². The average molecular weight is 250 g/mol. The molecule has 2 nitrogen and oxygen atoms in total. The minimum atomic E-state index is -0.226. The molecule has 0 aromatic carbocycles. The summed E-state index contributed by atoms with van der Waals surface area (Å²) in [5.74, 6) is 0.151. The molecule has 0 fully saturated rings. The van der Waals surface area contributed by atoms with Crippen LogP contribution in [0.3, 0.4) is 0 Å². The van der Waals surface area contributed by atoms with E-state index in [0.29, 0.717) is 5.92 Å². The van der Waals surface area contributed by atoms with Gasteiger partial charge in [-0.3, -0.25) is 0 Å². The molecule has 0 aliphatic rings. The van der Waals surface area contributed by atoms with E-state index >= 15 is 0 Å². The lowest BCUT2D eigenvalue weighted by Gasteiger charge is -2.12. The molecule has 0 aromatic rings. The summed E-state index contributed by atoms with van der Waals surface area (Å²) in [5, 5.41) is 0. The number of carbonyl (C=O) groups is 1. The Morgan fingerprint density at radius 3 is 2.33 bits per heavy atom. The number of unbranched alkanes of at least 4 members (excludes halogenated alkanes) is 1. The highest BCUT2D eigenvalue weighted by molar-refractivity contribution is 5.88. The molecule has 1 atom stereocenters. The average Bonchev–Trinajstić information content (AvgIpc) is 2.39. The Kier molecular flexibility index (Phi) is 8.99. The van der Waals surface area contributed by atoms with Crippen molar-refractivity contribution in [2.24, 2.45) is 5.92 Å². The van der Waals surface area contributed by atoms with Crippen molar-refractivity contribution in [1.29, 1.82) is 0 Å². The van der Waals surface area contributed by atoms with Gasteiger partial charge in [0, 0.05) is 5.57 Å². The van der Waals surface area contributed by atoms with Gasteiger partial charge in [-0.15, -0.1) is 0 Å². The van der Waals surface area contributed by atoms with Crippen LogP contribution in [0.2, 0.25) is 0 Å². The maximum Gasteiger partial charge on any atom is 0.333 e. The second-order valence-corrected chi connectivity index (χ2v) is 4.55. The molecule has 0 aliphatic heterocycles. The molecule has 0 bridgehead atoms. The van der Waals surface area contributed by atoms with Crippen LogP contribution in [0.25, 0.3) is 0 Å². The number of rotatable bonds is 7. The molecule has 0 heterocycles. The third kappa shape index (κ3) is 6.43. The first-order chi connectivity index (χ1) is 8.54. The Balaban J connectivity index is 4.24. The van der Waals surface area contributed by atoms with E-state index in [0.717, 1.165) is 30.4 Å². The van der Waals surface area contributed by atoms with E-state index in [1.807, 2.05) is 20.8 Å². The lowest BCUT2D eigenvalue weighted by molar-refractivity contribution is -0.136. The first-order valence-electron chi connectivity index (χ1n) is 6.56. The van der Waals surface area contributed by atoms with Crippen LogP contribution in [0.15, 0.2) is 35.5 Å². The van der Waals surface area contributed by atoms with Crippen LogP contribution >= 0.6 is 0 Å². The van der Waals surface area contributed by atoms with Gasteiger partial charge in [0.2, 0.25) is 0 Å². The van der Waals surface area contributed by atoms with Crippen molar-refractivity contribution >= 4 is 5.97 Å². The predicted octanol–water partition coefficient (Wildman–Crippen LogP) is 4.43. The quantitative estimate of drug-likeness (QED) is 0.289. The molecule has 0 radical (unpaired) electrons. The monoisotopic (exact) mass is 250 g/mol. The molecule has 0 rings (SSSR count). The largest absolute Gasteiger partial charge is 0.466 e. The number of carbonyl (C=O) groups excluding carboxylic acids is 1. The number of allylic oxidation sites excluding steroid dienone is 5.